The number of halogens is 1. The van der Waals surface area contributed by atoms with Crippen molar-refractivity contribution >= 4 is 17.9 Å². The van der Waals surface area contributed by atoms with Crippen LogP contribution in [0.2, 0.25) is 0 Å². The van der Waals surface area contributed by atoms with E-state index in [9.17, 15) is 14.0 Å². The molecule has 0 radical (unpaired) electrons. The zero-order chi connectivity index (χ0) is 20.0. The van der Waals surface area contributed by atoms with Crippen LogP contribution in [0.15, 0.2) is 41.2 Å². The molecule has 8 heteroatoms. The van der Waals surface area contributed by atoms with E-state index in [0.29, 0.717) is 5.56 Å². The minimum absolute atomic E-state index is 0.108. The van der Waals surface area contributed by atoms with E-state index in [0.717, 1.165) is 31.0 Å². The summed E-state index contributed by atoms with van der Waals surface area (Å²) in [6, 6.07) is 4.88. The van der Waals surface area contributed by atoms with E-state index >= 15 is 0 Å². The van der Waals surface area contributed by atoms with E-state index in [4.69, 9.17) is 4.99 Å². The first kappa shape index (κ1) is 18.5. The number of amides is 3. The van der Waals surface area contributed by atoms with Gasteiger partial charge >= 0.3 is 6.03 Å². The fraction of sp³-hybridized carbons (Fsp3) is 0.450. The topological polar surface area (TPSA) is 59.5 Å². The van der Waals surface area contributed by atoms with Gasteiger partial charge in [0.1, 0.15) is 5.82 Å². The van der Waals surface area contributed by atoms with Crippen LogP contribution in [0.1, 0.15) is 32.3 Å². The van der Waals surface area contributed by atoms with E-state index in [-0.39, 0.29) is 24.3 Å². The monoisotopic (exact) mass is 385 g/mol. The number of fused-ring (bicyclic) bond motifs is 3. The van der Waals surface area contributed by atoms with Gasteiger partial charge in [-0.15, -0.1) is 0 Å². The number of carbonyl (C=O) groups excluding carboxylic acids is 2. The number of guanidine groups is 1. The maximum atomic E-state index is 13.2. The summed E-state index contributed by atoms with van der Waals surface area (Å²) in [5.74, 6) is 0.103. The molecule has 0 spiro atoms. The number of unbranched alkanes of at least 4 members (excludes halogenated alkanes) is 1. The number of benzene rings is 1. The summed E-state index contributed by atoms with van der Waals surface area (Å²) in [4.78, 5) is 37.5. The Balaban J connectivity index is 1.60. The fourth-order valence-electron chi connectivity index (χ4n) is 3.91. The number of likely N-dealkylation sites (N-methyl/N-ethyl adjacent to an activating group) is 1. The summed E-state index contributed by atoms with van der Waals surface area (Å²) in [6.07, 6.45) is 3.49. The van der Waals surface area contributed by atoms with Crippen LogP contribution in [0.25, 0.3) is 0 Å². The largest absolute Gasteiger partial charge is 0.328 e. The van der Waals surface area contributed by atoms with Crippen molar-refractivity contribution in [3.05, 3.63) is 47.5 Å². The van der Waals surface area contributed by atoms with Crippen LogP contribution < -0.4 is 0 Å². The normalized spacial score (nSPS) is 23.9. The van der Waals surface area contributed by atoms with Gasteiger partial charge in [0.25, 0.3) is 5.91 Å². The molecule has 1 aromatic rings. The van der Waals surface area contributed by atoms with E-state index in [1.807, 2.05) is 18.0 Å². The van der Waals surface area contributed by atoms with Gasteiger partial charge in [-0.2, -0.15) is 0 Å². The third-order valence-corrected chi connectivity index (χ3v) is 5.49. The summed E-state index contributed by atoms with van der Waals surface area (Å²) < 4.78 is 13.2. The number of urea groups is 1. The van der Waals surface area contributed by atoms with E-state index in [1.54, 1.807) is 19.2 Å². The lowest BCUT2D eigenvalue weighted by molar-refractivity contribution is -0.137. The maximum Gasteiger partial charge on any atom is 0.328 e. The Morgan fingerprint density at radius 2 is 1.86 bits per heavy atom. The molecule has 3 heterocycles. The number of rotatable bonds is 5. The van der Waals surface area contributed by atoms with Crippen LogP contribution in [-0.2, 0) is 11.3 Å². The van der Waals surface area contributed by atoms with Crippen molar-refractivity contribution < 1.29 is 14.0 Å². The van der Waals surface area contributed by atoms with E-state index < -0.39 is 12.2 Å². The number of nitrogens with zero attached hydrogens (tertiary/aromatic N) is 5. The molecule has 4 rings (SSSR count). The lowest BCUT2D eigenvalue weighted by Gasteiger charge is -2.40. The SMILES string of the molecule is CCCCN1C(C)=CN2C1=NC1C2C(=O)N(Cc2ccc(F)cc2)C(=O)N1C. The molecule has 7 nitrogen and oxygen atoms in total. The van der Waals surface area contributed by atoms with Crippen LogP contribution in [-0.4, -0.2) is 63.3 Å². The van der Waals surface area contributed by atoms with Gasteiger partial charge in [0, 0.05) is 25.5 Å². The Labute approximate surface area is 163 Å². The first-order valence-electron chi connectivity index (χ1n) is 9.57. The highest BCUT2D eigenvalue weighted by Gasteiger charge is 2.54. The van der Waals surface area contributed by atoms with Crippen LogP contribution in [0, 0.1) is 5.82 Å². The van der Waals surface area contributed by atoms with Crippen LogP contribution in [0.3, 0.4) is 0 Å². The minimum Gasteiger partial charge on any atom is -0.315 e. The zero-order valence-electron chi connectivity index (χ0n) is 16.3. The first-order valence-corrected chi connectivity index (χ1v) is 9.57. The predicted molar refractivity (Wildman–Crippen MR) is 102 cm³/mol. The van der Waals surface area contributed by atoms with Gasteiger partial charge in [0.2, 0.25) is 5.96 Å². The average molecular weight is 385 g/mol. The summed E-state index contributed by atoms with van der Waals surface area (Å²) in [7, 11) is 1.67. The summed E-state index contributed by atoms with van der Waals surface area (Å²) in [5, 5.41) is 0. The number of allylic oxidation sites excluding steroid dienone is 1. The van der Waals surface area contributed by atoms with Crippen LogP contribution in [0.5, 0.6) is 0 Å². The van der Waals surface area contributed by atoms with Crippen molar-refractivity contribution in [2.24, 2.45) is 4.99 Å². The Bertz CT molecular complexity index is 866. The second kappa shape index (κ2) is 6.92. The third-order valence-electron chi connectivity index (χ3n) is 5.49. The van der Waals surface area contributed by atoms with Gasteiger partial charge in [0.05, 0.1) is 6.54 Å². The highest BCUT2D eigenvalue weighted by atomic mass is 19.1. The molecule has 1 saturated heterocycles. The number of hydrogen-bond acceptors (Lipinski definition) is 5. The molecule has 1 fully saturated rings. The van der Waals surface area contributed by atoms with Gasteiger partial charge in [-0.05, 0) is 31.0 Å². The first-order chi connectivity index (χ1) is 13.4. The Hall–Kier alpha value is -2.90. The summed E-state index contributed by atoms with van der Waals surface area (Å²) in [6.45, 7) is 5.08. The average Bonchev–Trinajstić information content (AvgIpc) is 3.18. The fourth-order valence-corrected chi connectivity index (χ4v) is 3.91. The number of imide groups is 1. The van der Waals surface area contributed by atoms with Gasteiger partial charge in [-0.25, -0.2) is 14.2 Å². The molecular weight excluding hydrogens is 361 g/mol. The molecule has 3 aliphatic rings. The summed E-state index contributed by atoms with van der Waals surface area (Å²) >= 11 is 0. The van der Waals surface area contributed by atoms with Crippen molar-refractivity contribution in [3.8, 4) is 0 Å². The molecule has 1 aromatic carbocycles. The summed E-state index contributed by atoms with van der Waals surface area (Å²) in [5.41, 5.74) is 1.75. The molecule has 0 bridgehead atoms. The second-order valence-corrected chi connectivity index (χ2v) is 7.41. The Kier molecular flexibility index (Phi) is 4.56. The van der Waals surface area contributed by atoms with Gasteiger partial charge in [-0.3, -0.25) is 9.69 Å². The number of aliphatic imine (C=N–C) groups is 1. The quantitative estimate of drug-likeness (QED) is 0.782. The molecule has 2 atom stereocenters. The molecule has 28 heavy (non-hydrogen) atoms. The van der Waals surface area contributed by atoms with E-state index in [2.05, 4.69) is 11.8 Å². The number of hydrogen-bond donors (Lipinski definition) is 0. The standard InChI is InChI=1S/C20H24FN5O2/c1-4-5-10-24-13(2)11-25-16-17(22-19(24)25)23(3)20(28)26(18(16)27)12-14-6-8-15(21)9-7-14/h6-9,11,16-17H,4-5,10,12H2,1-3H3. The van der Waals surface area contributed by atoms with Crippen molar-refractivity contribution in [3.63, 3.8) is 0 Å². The Morgan fingerprint density at radius 3 is 2.54 bits per heavy atom. The van der Waals surface area contributed by atoms with Crippen molar-refractivity contribution in [1.82, 2.24) is 19.6 Å². The van der Waals surface area contributed by atoms with Crippen molar-refractivity contribution in [2.75, 3.05) is 13.6 Å². The highest BCUT2D eigenvalue weighted by Crippen LogP contribution is 2.34. The predicted octanol–water partition coefficient (Wildman–Crippen LogP) is 2.56. The van der Waals surface area contributed by atoms with Crippen LogP contribution >= 0.6 is 0 Å². The molecule has 0 aromatic heterocycles. The van der Waals surface area contributed by atoms with Crippen molar-refractivity contribution in [2.45, 2.75) is 45.4 Å². The molecule has 148 valence electrons. The van der Waals surface area contributed by atoms with E-state index in [1.165, 1.54) is 21.9 Å². The van der Waals surface area contributed by atoms with Gasteiger partial charge < -0.3 is 14.7 Å². The molecule has 0 N–H and O–H groups in total. The third kappa shape index (κ3) is 2.83. The molecule has 0 saturated carbocycles. The lowest BCUT2D eigenvalue weighted by Crippen LogP contribution is -2.63. The minimum atomic E-state index is -0.570. The number of carbonyl (C=O) groups is 2. The molecule has 3 amide bonds. The Morgan fingerprint density at radius 1 is 1.14 bits per heavy atom. The molecule has 0 aliphatic carbocycles. The van der Waals surface area contributed by atoms with Crippen molar-refractivity contribution in [1.29, 1.82) is 0 Å². The maximum absolute atomic E-state index is 13.2. The zero-order valence-corrected chi connectivity index (χ0v) is 16.3. The van der Waals surface area contributed by atoms with Crippen LogP contribution in [0.4, 0.5) is 9.18 Å². The smallest absolute Gasteiger partial charge is 0.315 e. The molecular formula is C20H24FN5O2. The molecule has 2 unspecified atom stereocenters. The van der Waals surface area contributed by atoms with Gasteiger partial charge in [0.15, 0.2) is 12.2 Å². The lowest BCUT2D eigenvalue weighted by atomic mass is 10.1. The molecule has 3 aliphatic heterocycles. The second-order valence-electron chi connectivity index (χ2n) is 7.41. The highest BCUT2D eigenvalue weighted by molar-refractivity contribution is 6.04. The van der Waals surface area contributed by atoms with Gasteiger partial charge in [-0.1, -0.05) is 25.5 Å².